The Hall–Kier alpha value is -1.78. The largest absolute Gasteiger partial charge is 0.354 e. The molecule has 0 aliphatic rings. The zero-order valence-corrected chi connectivity index (χ0v) is 15.0. The molecule has 3 N–H and O–H groups in total. The standard InChI is InChI=1S/C20H26N2OS/c1-24-13-12-19(21)20(23)22-15-18(17-10-6-3-7-11-17)14-16-8-4-2-5-9-16/h2-11,18-19H,12-15,21H2,1H3,(H,22,23)/t18?,19-/m0/s1. The van der Waals surface area contributed by atoms with E-state index < -0.39 is 6.04 Å². The molecule has 128 valence electrons. The Morgan fingerprint density at radius 2 is 1.71 bits per heavy atom. The van der Waals surface area contributed by atoms with Crippen molar-refractivity contribution in [2.75, 3.05) is 18.6 Å². The predicted molar refractivity (Wildman–Crippen MR) is 103 cm³/mol. The fraction of sp³-hybridized carbons (Fsp3) is 0.350. The summed E-state index contributed by atoms with van der Waals surface area (Å²) in [6.07, 6.45) is 3.63. The SMILES string of the molecule is CSCC[C@H](N)C(=O)NCC(Cc1ccccc1)c1ccccc1. The maximum atomic E-state index is 12.2. The van der Waals surface area contributed by atoms with Crippen molar-refractivity contribution in [1.82, 2.24) is 5.32 Å². The fourth-order valence-electron chi connectivity index (χ4n) is 2.66. The topological polar surface area (TPSA) is 55.1 Å². The van der Waals surface area contributed by atoms with Crippen molar-refractivity contribution in [3.8, 4) is 0 Å². The second kappa shape index (κ2) is 10.2. The van der Waals surface area contributed by atoms with E-state index >= 15 is 0 Å². The van der Waals surface area contributed by atoms with E-state index in [1.165, 1.54) is 11.1 Å². The van der Waals surface area contributed by atoms with Crippen molar-refractivity contribution in [3.05, 3.63) is 71.8 Å². The number of amides is 1. The first-order valence-electron chi connectivity index (χ1n) is 8.31. The number of rotatable bonds is 9. The summed E-state index contributed by atoms with van der Waals surface area (Å²) < 4.78 is 0. The van der Waals surface area contributed by atoms with Crippen molar-refractivity contribution >= 4 is 17.7 Å². The summed E-state index contributed by atoms with van der Waals surface area (Å²) in [7, 11) is 0. The van der Waals surface area contributed by atoms with Gasteiger partial charge in [-0.3, -0.25) is 4.79 Å². The summed E-state index contributed by atoms with van der Waals surface area (Å²) in [6.45, 7) is 0.602. The van der Waals surface area contributed by atoms with Crippen LogP contribution in [0.5, 0.6) is 0 Å². The van der Waals surface area contributed by atoms with Crippen LogP contribution in [0.15, 0.2) is 60.7 Å². The number of carbonyl (C=O) groups excluding carboxylic acids is 1. The first-order chi connectivity index (χ1) is 11.7. The molecule has 3 nitrogen and oxygen atoms in total. The third kappa shape index (κ3) is 6.02. The minimum atomic E-state index is -0.425. The molecule has 0 aliphatic heterocycles. The van der Waals surface area contributed by atoms with Gasteiger partial charge in [0, 0.05) is 12.5 Å². The van der Waals surface area contributed by atoms with Crippen molar-refractivity contribution in [3.63, 3.8) is 0 Å². The van der Waals surface area contributed by atoms with Gasteiger partial charge in [-0.15, -0.1) is 0 Å². The van der Waals surface area contributed by atoms with Gasteiger partial charge in [0.05, 0.1) is 6.04 Å². The maximum Gasteiger partial charge on any atom is 0.236 e. The smallest absolute Gasteiger partial charge is 0.236 e. The quantitative estimate of drug-likeness (QED) is 0.736. The van der Waals surface area contributed by atoms with Gasteiger partial charge in [0.25, 0.3) is 0 Å². The molecule has 0 saturated carbocycles. The first kappa shape index (κ1) is 18.6. The highest BCUT2D eigenvalue weighted by Crippen LogP contribution is 2.20. The summed E-state index contributed by atoms with van der Waals surface area (Å²) in [4.78, 5) is 12.2. The van der Waals surface area contributed by atoms with Gasteiger partial charge in [-0.05, 0) is 36.0 Å². The Kier molecular flexibility index (Phi) is 7.86. The van der Waals surface area contributed by atoms with E-state index in [2.05, 4.69) is 29.6 Å². The lowest BCUT2D eigenvalue weighted by Crippen LogP contribution is -2.42. The molecule has 0 aromatic heterocycles. The molecule has 0 heterocycles. The van der Waals surface area contributed by atoms with E-state index in [9.17, 15) is 4.79 Å². The van der Waals surface area contributed by atoms with Gasteiger partial charge in [0.1, 0.15) is 0 Å². The van der Waals surface area contributed by atoms with Crippen LogP contribution in [0.1, 0.15) is 23.5 Å². The monoisotopic (exact) mass is 342 g/mol. The van der Waals surface area contributed by atoms with Crippen LogP contribution in [0.3, 0.4) is 0 Å². The van der Waals surface area contributed by atoms with Crippen LogP contribution in [-0.4, -0.2) is 30.5 Å². The van der Waals surface area contributed by atoms with E-state index in [1.54, 1.807) is 11.8 Å². The van der Waals surface area contributed by atoms with Gasteiger partial charge < -0.3 is 11.1 Å². The normalized spacial score (nSPS) is 13.2. The van der Waals surface area contributed by atoms with E-state index in [4.69, 9.17) is 5.73 Å². The summed E-state index contributed by atoms with van der Waals surface area (Å²) in [5, 5.41) is 3.04. The van der Waals surface area contributed by atoms with Gasteiger partial charge in [-0.25, -0.2) is 0 Å². The predicted octanol–water partition coefficient (Wildman–Crippen LogP) is 3.21. The van der Waals surface area contributed by atoms with Gasteiger partial charge >= 0.3 is 0 Å². The molecule has 2 atom stereocenters. The van der Waals surface area contributed by atoms with Crippen molar-refractivity contribution < 1.29 is 4.79 Å². The number of carbonyl (C=O) groups is 1. The minimum absolute atomic E-state index is 0.0574. The number of nitrogens with one attached hydrogen (secondary N) is 1. The summed E-state index contributed by atoms with van der Waals surface area (Å²) in [5.41, 5.74) is 8.46. The minimum Gasteiger partial charge on any atom is -0.354 e. The molecule has 0 aliphatic carbocycles. The zero-order valence-electron chi connectivity index (χ0n) is 14.2. The molecule has 2 aromatic carbocycles. The average Bonchev–Trinajstić information content (AvgIpc) is 2.64. The third-order valence-electron chi connectivity index (χ3n) is 4.09. The number of nitrogens with two attached hydrogens (primary N) is 1. The molecule has 2 aromatic rings. The van der Waals surface area contributed by atoms with Gasteiger partial charge in [0.2, 0.25) is 5.91 Å². The Morgan fingerprint density at radius 1 is 1.08 bits per heavy atom. The van der Waals surface area contributed by atoms with Crippen LogP contribution in [0.2, 0.25) is 0 Å². The molecular weight excluding hydrogens is 316 g/mol. The molecule has 0 radical (unpaired) electrons. The van der Waals surface area contributed by atoms with Crippen LogP contribution in [0, 0.1) is 0 Å². The summed E-state index contributed by atoms with van der Waals surface area (Å²) in [5.74, 6) is 1.09. The van der Waals surface area contributed by atoms with Crippen LogP contribution >= 0.6 is 11.8 Å². The van der Waals surface area contributed by atoms with Gasteiger partial charge in [-0.1, -0.05) is 60.7 Å². The molecule has 24 heavy (non-hydrogen) atoms. The van der Waals surface area contributed by atoms with E-state index in [1.807, 2.05) is 42.7 Å². The van der Waals surface area contributed by atoms with E-state index in [0.29, 0.717) is 13.0 Å². The number of benzene rings is 2. The molecule has 2 rings (SSSR count). The number of thioether (sulfide) groups is 1. The number of hydrogen-bond acceptors (Lipinski definition) is 3. The highest BCUT2D eigenvalue weighted by Gasteiger charge is 2.17. The van der Waals surface area contributed by atoms with E-state index in [-0.39, 0.29) is 11.8 Å². The number of hydrogen-bond donors (Lipinski definition) is 2. The average molecular weight is 343 g/mol. The molecule has 4 heteroatoms. The second-order valence-electron chi connectivity index (χ2n) is 5.93. The van der Waals surface area contributed by atoms with Crippen LogP contribution in [-0.2, 0) is 11.2 Å². The lowest BCUT2D eigenvalue weighted by Gasteiger charge is -2.20. The van der Waals surface area contributed by atoms with Gasteiger partial charge in [0.15, 0.2) is 0 Å². The fourth-order valence-corrected chi connectivity index (χ4v) is 3.15. The summed E-state index contributed by atoms with van der Waals surface area (Å²) in [6, 6.07) is 20.3. The lowest BCUT2D eigenvalue weighted by molar-refractivity contribution is -0.122. The van der Waals surface area contributed by atoms with E-state index in [0.717, 1.165) is 12.2 Å². The molecule has 0 spiro atoms. The van der Waals surface area contributed by atoms with Crippen LogP contribution < -0.4 is 11.1 Å². The zero-order chi connectivity index (χ0) is 17.2. The first-order valence-corrected chi connectivity index (χ1v) is 9.71. The molecule has 0 bridgehead atoms. The molecule has 0 saturated heterocycles. The van der Waals surface area contributed by atoms with Crippen LogP contribution in [0.4, 0.5) is 0 Å². The van der Waals surface area contributed by atoms with Crippen molar-refractivity contribution in [2.24, 2.45) is 5.73 Å². The van der Waals surface area contributed by atoms with Crippen molar-refractivity contribution in [2.45, 2.75) is 24.8 Å². The maximum absolute atomic E-state index is 12.2. The van der Waals surface area contributed by atoms with Gasteiger partial charge in [-0.2, -0.15) is 11.8 Å². The third-order valence-corrected chi connectivity index (χ3v) is 4.73. The highest BCUT2D eigenvalue weighted by atomic mass is 32.2. The summed E-state index contributed by atoms with van der Waals surface area (Å²) >= 11 is 1.71. The lowest BCUT2D eigenvalue weighted by atomic mass is 9.92. The molecular formula is C20H26N2OS. The Morgan fingerprint density at radius 3 is 2.33 bits per heavy atom. The molecule has 0 fully saturated rings. The molecule has 1 amide bonds. The Labute approximate surface area is 149 Å². The highest BCUT2D eigenvalue weighted by molar-refractivity contribution is 7.98. The Bertz CT molecular complexity index is 604. The van der Waals surface area contributed by atoms with Crippen LogP contribution in [0.25, 0.3) is 0 Å². The second-order valence-corrected chi connectivity index (χ2v) is 6.92. The Balaban J connectivity index is 2.00. The molecule has 1 unspecified atom stereocenters. The van der Waals surface area contributed by atoms with Crippen molar-refractivity contribution in [1.29, 1.82) is 0 Å².